The van der Waals surface area contributed by atoms with E-state index in [2.05, 4.69) is 49.7 Å². The van der Waals surface area contributed by atoms with Crippen molar-refractivity contribution in [1.29, 1.82) is 0 Å². The third kappa shape index (κ3) is 4.75. The summed E-state index contributed by atoms with van der Waals surface area (Å²) in [6, 6.07) is 20.4. The maximum atomic E-state index is 13.5. The number of aromatic nitrogens is 3. The van der Waals surface area contributed by atoms with Crippen molar-refractivity contribution in [3.63, 3.8) is 0 Å². The van der Waals surface area contributed by atoms with Crippen LogP contribution in [-0.4, -0.2) is 57.6 Å². The van der Waals surface area contributed by atoms with E-state index >= 15 is 0 Å². The number of hydrogen-bond acceptors (Lipinski definition) is 6. The van der Waals surface area contributed by atoms with E-state index in [9.17, 15) is 9.90 Å². The third-order valence-electron chi connectivity index (χ3n) is 8.92. The number of amides is 1. The summed E-state index contributed by atoms with van der Waals surface area (Å²) in [4.78, 5) is 20.5. The molecule has 3 fully saturated rings. The molecule has 3 N–H and O–H groups in total. The smallest absolute Gasteiger partial charge is 0.251 e. The summed E-state index contributed by atoms with van der Waals surface area (Å²) in [6.07, 6.45) is 7.61. The molecule has 2 aromatic heterocycles. The first-order chi connectivity index (χ1) is 19.6. The Hall–Kier alpha value is -3.75. The first-order valence-electron chi connectivity index (χ1n) is 14.5. The van der Waals surface area contributed by atoms with Crippen molar-refractivity contribution < 1.29 is 14.6 Å². The number of morpholine rings is 1. The van der Waals surface area contributed by atoms with E-state index in [4.69, 9.17) is 4.74 Å². The lowest BCUT2D eigenvalue weighted by Gasteiger charge is -2.48. The second kappa shape index (κ2) is 10.7. The van der Waals surface area contributed by atoms with Crippen molar-refractivity contribution in [2.75, 3.05) is 18.1 Å². The SMILES string of the molecule is O=C(N[C@@H](c1ccccn1)C1CCCC1)c1ccc2[nH]nc(-c3ccc(N4[C@@H]5COC[C@H]4CC(O)C5)cc3)c2c1. The highest BCUT2D eigenvalue weighted by atomic mass is 16.5. The van der Waals surface area contributed by atoms with Crippen LogP contribution in [0.5, 0.6) is 0 Å². The van der Waals surface area contributed by atoms with Crippen LogP contribution in [0, 0.1) is 5.92 Å². The van der Waals surface area contributed by atoms with Gasteiger partial charge in [0.05, 0.1) is 54.3 Å². The van der Waals surface area contributed by atoms with E-state index in [1.165, 1.54) is 12.8 Å². The molecule has 2 aromatic carbocycles. The molecule has 4 heterocycles. The highest BCUT2D eigenvalue weighted by Gasteiger charge is 2.38. The molecule has 0 radical (unpaired) electrons. The zero-order valence-electron chi connectivity index (χ0n) is 22.5. The van der Waals surface area contributed by atoms with Crippen LogP contribution in [0.15, 0.2) is 66.9 Å². The first kappa shape index (κ1) is 25.2. The van der Waals surface area contributed by atoms with Crippen molar-refractivity contribution in [2.45, 2.75) is 62.8 Å². The monoisotopic (exact) mass is 537 g/mol. The third-order valence-corrected chi connectivity index (χ3v) is 8.92. The molecule has 1 amide bonds. The molecule has 1 saturated carbocycles. The number of pyridine rings is 1. The topological polar surface area (TPSA) is 103 Å². The summed E-state index contributed by atoms with van der Waals surface area (Å²) in [5.41, 5.74) is 5.39. The lowest BCUT2D eigenvalue weighted by molar-refractivity contribution is 0.00124. The lowest BCUT2D eigenvalue weighted by atomic mass is 9.91. The van der Waals surface area contributed by atoms with Gasteiger partial charge >= 0.3 is 0 Å². The Kier molecular flexibility index (Phi) is 6.73. The summed E-state index contributed by atoms with van der Waals surface area (Å²) in [5, 5.41) is 22.2. The van der Waals surface area contributed by atoms with Crippen LogP contribution >= 0.6 is 0 Å². The van der Waals surface area contributed by atoms with Crippen LogP contribution in [0.2, 0.25) is 0 Å². The van der Waals surface area contributed by atoms with E-state index < -0.39 is 0 Å². The fraction of sp³-hybridized carbons (Fsp3) is 0.406. The zero-order valence-corrected chi connectivity index (χ0v) is 22.5. The Balaban J connectivity index is 1.14. The predicted molar refractivity (Wildman–Crippen MR) is 154 cm³/mol. The Bertz CT molecular complexity index is 1470. The van der Waals surface area contributed by atoms with Gasteiger partial charge in [0.25, 0.3) is 5.91 Å². The van der Waals surface area contributed by atoms with Gasteiger partial charge in [-0.05, 0) is 74.1 Å². The van der Waals surface area contributed by atoms with Gasteiger partial charge in [0.2, 0.25) is 0 Å². The molecule has 1 aliphatic carbocycles. The van der Waals surface area contributed by atoms with Gasteiger partial charge in [-0.1, -0.05) is 31.0 Å². The summed E-state index contributed by atoms with van der Waals surface area (Å²) in [5.74, 6) is 0.313. The minimum Gasteiger partial charge on any atom is -0.393 e. The molecular weight excluding hydrogens is 502 g/mol. The number of nitrogens with one attached hydrogen (secondary N) is 2. The molecule has 2 bridgehead atoms. The number of rotatable bonds is 6. The van der Waals surface area contributed by atoms with Crippen LogP contribution in [0.1, 0.15) is 60.6 Å². The fourth-order valence-corrected chi connectivity index (χ4v) is 6.98. The van der Waals surface area contributed by atoms with Crippen LogP contribution in [0.25, 0.3) is 22.2 Å². The van der Waals surface area contributed by atoms with E-state index in [0.717, 1.165) is 59.2 Å². The summed E-state index contributed by atoms with van der Waals surface area (Å²) >= 11 is 0. The minimum atomic E-state index is -0.256. The number of aromatic amines is 1. The molecule has 206 valence electrons. The number of piperidine rings is 1. The molecule has 2 aliphatic heterocycles. The summed E-state index contributed by atoms with van der Waals surface area (Å²) in [6.45, 7) is 1.29. The molecule has 0 spiro atoms. The standard InChI is InChI=1S/C32H35N5O3/c38-26-16-24-18-40-19-25(17-26)37(24)23-11-8-21(9-12-23)30-27-15-22(10-13-28(27)35-36-30)32(39)34-31(20-5-1-2-6-20)29-7-3-4-14-33-29/h3-4,7-15,20,24-26,31,38H,1-2,5-6,16-19H2,(H,34,39)(H,35,36)/t24-,25+,26?,31-/m1/s1. The maximum Gasteiger partial charge on any atom is 0.251 e. The second-order valence-corrected chi connectivity index (χ2v) is 11.5. The van der Waals surface area contributed by atoms with E-state index in [-0.39, 0.29) is 30.1 Å². The number of carbonyl (C=O) groups excluding carboxylic acids is 1. The Morgan fingerprint density at radius 1 is 1.02 bits per heavy atom. The number of H-pyrrole nitrogens is 1. The number of anilines is 1. The van der Waals surface area contributed by atoms with Gasteiger partial charge in [-0.2, -0.15) is 5.10 Å². The number of nitrogens with zero attached hydrogens (tertiary/aromatic N) is 3. The van der Waals surface area contributed by atoms with E-state index in [1.807, 2.05) is 36.4 Å². The molecule has 2 saturated heterocycles. The van der Waals surface area contributed by atoms with Crippen molar-refractivity contribution in [3.05, 3.63) is 78.1 Å². The van der Waals surface area contributed by atoms with E-state index in [0.29, 0.717) is 24.7 Å². The largest absolute Gasteiger partial charge is 0.393 e. The fourth-order valence-electron chi connectivity index (χ4n) is 6.98. The molecule has 4 atom stereocenters. The minimum absolute atomic E-state index is 0.0898. The molecule has 7 rings (SSSR count). The number of benzene rings is 2. The quantitative estimate of drug-likeness (QED) is 0.319. The molecule has 3 aliphatic rings. The highest BCUT2D eigenvalue weighted by Crippen LogP contribution is 2.37. The maximum absolute atomic E-state index is 13.5. The normalized spacial score (nSPS) is 23.8. The number of fused-ring (bicyclic) bond motifs is 3. The molecular formula is C32H35N5O3. The van der Waals surface area contributed by atoms with Gasteiger partial charge in [0.1, 0.15) is 0 Å². The van der Waals surface area contributed by atoms with Gasteiger partial charge in [0.15, 0.2) is 0 Å². The predicted octanol–water partition coefficient (Wildman–Crippen LogP) is 5.01. The van der Waals surface area contributed by atoms with Gasteiger partial charge in [0, 0.05) is 28.4 Å². The van der Waals surface area contributed by atoms with Gasteiger partial charge in [-0.15, -0.1) is 0 Å². The zero-order chi connectivity index (χ0) is 27.1. The van der Waals surface area contributed by atoms with Crippen molar-refractivity contribution in [2.24, 2.45) is 5.92 Å². The lowest BCUT2D eigenvalue weighted by Crippen LogP contribution is -2.58. The van der Waals surface area contributed by atoms with Crippen LogP contribution in [0.3, 0.4) is 0 Å². The van der Waals surface area contributed by atoms with Gasteiger partial charge in [-0.25, -0.2) is 0 Å². The van der Waals surface area contributed by atoms with Gasteiger partial charge < -0.3 is 20.1 Å². The number of aliphatic hydroxyl groups is 1. The number of carbonyl (C=O) groups is 1. The van der Waals surface area contributed by atoms with Crippen LogP contribution in [0.4, 0.5) is 5.69 Å². The molecule has 1 unspecified atom stereocenters. The molecule has 40 heavy (non-hydrogen) atoms. The average molecular weight is 538 g/mol. The van der Waals surface area contributed by atoms with Crippen LogP contribution in [-0.2, 0) is 4.74 Å². The van der Waals surface area contributed by atoms with Crippen molar-refractivity contribution in [3.8, 4) is 11.3 Å². The highest BCUT2D eigenvalue weighted by molar-refractivity contribution is 6.01. The summed E-state index contributed by atoms with van der Waals surface area (Å²) < 4.78 is 5.77. The molecule has 8 nitrogen and oxygen atoms in total. The van der Waals surface area contributed by atoms with Gasteiger partial charge in [-0.3, -0.25) is 14.9 Å². The average Bonchev–Trinajstić information content (AvgIpc) is 3.66. The second-order valence-electron chi connectivity index (χ2n) is 11.5. The number of aliphatic hydroxyl groups excluding tert-OH is 1. The molecule has 4 aromatic rings. The Labute approximate surface area is 233 Å². The molecule has 8 heteroatoms. The van der Waals surface area contributed by atoms with Crippen molar-refractivity contribution in [1.82, 2.24) is 20.5 Å². The number of ether oxygens (including phenoxy) is 1. The number of hydrogen-bond donors (Lipinski definition) is 3. The van der Waals surface area contributed by atoms with Crippen LogP contribution < -0.4 is 10.2 Å². The Morgan fingerprint density at radius 3 is 2.52 bits per heavy atom. The van der Waals surface area contributed by atoms with E-state index in [1.54, 1.807) is 6.20 Å². The summed E-state index contributed by atoms with van der Waals surface area (Å²) in [7, 11) is 0. The Morgan fingerprint density at radius 2 is 1.80 bits per heavy atom. The van der Waals surface area contributed by atoms with Crippen molar-refractivity contribution >= 4 is 22.5 Å². The first-order valence-corrected chi connectivity index (χ1v) is 14.5.